The van der Waals surface area contributed by atoms with E-state index in [0.717, 1.165) is 27.2 Å². The Kier molecular flexibility index (Phi) is 4.46. The Morgan fingerprint density at radius 1 is 1.21 bits per heavy atom. The molecule has 3 aromatic heterocycles. The molecule has 1 unspecified atom stereocenters. The number of aromatic nitrogens is 5. The summed E-state index contributed by atoms with van der Waals surface area (Å²) in [5.74, 6) is 2.16. The van der Waals surface area contributed by atoms with Crippen LogP contribution in [0.2, 0.25) is 0 Å². The summed E-state index contributed by atoms with van der Waals surface area (Å²) in [7, 11) is 0. The van der Waals surface area contributed by atoms with E-state index in [4.69, 9.17) is 0 Å². The largest absolute Gasteiger partial charge is 0.346 e. The summed E-state index contributed by atoms with van der Waals surface area (Å²) in [4.78, 5) is 4.66. The normalized spacial score (nSPS) is 14.9. The number of hydrogen-bond acceptors (Lipinski definition) is 5. The molecule has 0 bridgehead atoms. The van der Waals surface area contributed by atoms with Gasteiger partial charge in [0.25, 0.3) is 0 Å². The molecule has 4 aromatic rings. The van der Waals surface area contributed by atoms with Gasteiger partial charge in [-0.15, -0.1) is 5.10 Å². The number of halogens is 2. The molecule has 1 aliphatic rings. The molecular weight excluding hydrogens is 437 g/mol. The minimum atomic E-state index is -0.258. The number of H-pyrrole nitrogens is 1. The van der Waals surface area contributed by atoms with Crippen LogP contribution in [-0.4, -0.2) is 24.8 Å². The summed E-state index contributed by atoms with van der Waals surface area (Å²) in [5, 5.41) is 18.6. The molecule has 1 fully saturated rings. The van der Waals surface area contributed by atoms with Gasteiger partial charge in [-0.3, -0.25) is 5.10 Å². The first kappa shape index (κ1) is 18.1. The van der Waals surface area contributed by atoms with Crippen LogP contribution in [0.15, 0.2) is 47.1 Å². The smallest absolute Gasteiger partial charge is 0.243 e. The topological polar surface area (TPSA) is 82.9 Å². The van der Waals surface area contributed by atoms with Crippen molar-refractivity contribution in [3.8, 4) is 0 Å². The molecule has 0 radical (unpaired) electrons. The minimum absolute atomic E-state index is 0.0953. The molecule has 7 nitrogen and oxygen atoms in total. The summed E-state index contributed by atoms with van der Waals surface area (Å²) in [6, 6.07) is 12.2. The van der Waals surface area contributed by atoms with Gasteiger partial charge < -0.3 is 10.6 Å². The summed E-state index contributed by atoms with van der Waals surface area (Å²) in [5.41, 5.74) is 2.92. The number of nitrogens with one attached hydrogen (secondary N) is 3. The molecule has 1 atom stereocenters. The standard InChI is InChI=1S/C20H19BrFN7/c1-11(12-4-6-14(22)7-5-12)23-20-25-19(16-8-9-17(21)29(16)28-20)24-18-10-15(26-27-18)13-2-3-13/h4-11,13H,2-3H2,1H3,(H3,23,24,25,26,27,28). The second kappa shape index (κ2) is 7.14. The zero-order valence-corrected chi connectivity index (χ0v) is 17.2. The average Bonchev–Trinajstić information content (AvgIpc) is 3.35. The van der Waals surface area contributed by atoms with E-state index in [1.165, 1.54) is 25.0 Å². The maximum absolute atomic E-state index is 13.2. The monoisotopic (exact) mass is 455 g/mol. The Labute approximate surface area is 174 Å². The highest BCUT2D eigenvalue weighted by Gasteiger charge is 2.25. The van der Waals surface area contributed by atoms with Gasteiger partial charge in [-0.1, -0.05) is 12.1 Å². The molecule has 5 rings (SSSR count). The lowest BCUT2D eigenvalue weighted by molar-refractivity contribution is 0.626. The Balaban J connectivity index is 1.45. The first-order chi connectivity index (χ1) is 14.1. The third-order valence-corrected chi connectivity index (χ3v) is 5.64. The molecule has 0 amide bonds. The maximum Gasteiger partial charge on any atom is 0.243 e. The lowest BCUT2D eigenvalue weighted by Gasteiger charge is -2.15. The molecule has 3 N–H and O–H groups in total. The van der Waals surface area contributed by atoms with E-state index in [0.29, 0.717) is 17.7 Å². The van der Waals surface area contributed by atoms with Crippen molar-refractivity contribution in [3.63, 3.8) is 0 Å². The highest BCUT2D eigenvalue weighted by atomic mass is 79.9. The SMILES string of the molecule is CC(Nc1nc(Nc2cc(C3CC3)[nH]n2)c2ccc(Br)n2n1)c1ccc(F)cc1. The van der Waals surface area contributed by atoms with E-state index in [-0.39, 0.29) is 11.9 Å². The van der Waals surface area contributed by atoms with Crippen molar-refractivity contribution in [3.05, 3.63) is 64.1 Å². The highest BCUT2D eigenvalue weighted by molar-refractivity contribution is 9.10. The first-order valence-electron chi connectivity index (χ1n) is 9.46. The van der Waals surface area contributed by atoms with Crippen molar-refractivity contribution in [2.24, 2.45) is 0 Å². The van der Waals surface area contributed by atoms with E-state index in [2.05, 4.69) is 46.8 Å². The Bertz CT molecular complexity index is 1160. The fraction of sp³-hybridized carbons (Fsp3) is 0.250. The maximum atomic E-state index is 13.2. The second-order valence-electron chi connectivity index (χ2n) is 7.26. The molecule has 9 heteroatoms. The van der Waals surface area contributed by atoms with Crippen LogP contribution in [0.25, 0.3) is 5.52 Å². The molecule has 3 heterocycles. The Morgan fingerprint density at radius 2 is 2.00 bits per heavy atom. The van der Waals surface area contributed by atoms with Crippen molar-refractivity contribution in [2.75, 3.05) is 10.6 Å². The number of fused-ring (bicyclic) bond motifs is 1. The molecule has 148 valence electrons. The van der Waals surface area contributed by atoms with Crippen LogP contribution in [0.1, 0.15) is 43.0 Å². The van der Waals surface area contributed by atoms with Crippen molar-refractivity contribution in [1.82, 2.24) is 24.8 Å². The van der Waals surface area contributed by atoms with E-state index in [1.54, 1.807) is 16.6 Å². The predicted octanol–water partition coefficient (Wildman–Crippen LogP) is 5.15. The molecule has 1 saturated carbocycles. The first-order valence-corrected chi connectivity index (χ1v) is 10.3. The number of aromatic amines is 1. The van der Waals surface area contributed by atoms with Crippen LogP contribution >= 0.6 is 15.9 Å². The zero-order valence-electron chi connectivity index (χ0n) is 15.7. The highest BCUT2D eigenvalue weighted by Crippen LogP contribution is 2.39. The summed E-state index contributed by atoms with van der Waals surface area (Å²) < 4.78 is 15.8. The van der Waals surface area contributed by atoms with Gasteiger partial charge in [-0.2, -0.15) is 10.1 Å². The molecule has 0 saturated heterocycles. The molecular formula is C20H19BrFN7. The molecule has 0 spiro atoms. The lowest BCUT2D eigenvalue weighted by atomic mass is 10.1. The minimum Gasteiger partial charge on any atom is -0.346 e. The number of benzene rings is 1. The summed E-state index contributed by atoms with van der Waals surface area (Å²) in [6.45, 7) is 1.98. The van der Waals surface area contributed by atoms with E-state index < -0.39 is 0 Å². The van der Waals surface area contributed by atoms with Crippen molar-refractivity contribution in [2.45, 2.75) is 31.7 Å². The van der Waals surface area contributed by atoms with Gasteiger partial charge in [0.2, 0.25) is 5.95 Å². The fourth-order valence-corrected chi connectivity index (χ4v) is 3.67. The van der Waals surface area contributed by atoms with Gasteiger partial charge in [0.15, 0.2) is 11.6 Å². The quantitative estimate of drug-likeness (QED) is 0.374. The van der Waals surface area contributed by atoms with Gasteiger partial charge in [-0.05, 0) is 65.5 Å². The lowest BCUT2D eigenvalue weighted by Crippen LogP contribution is -2.12. The van der Waals surface area contributed by atoms with Crippen LogP contribution < -0.4 is 10.6 Å². The fourth-order valence-electron chi connectivity index (χ4n) is 3.27. The van der Waals surface area contributed by atoms with Crippen LogP contribution in [-0.2, 0) is 0 Å². The van der Waals surface area contributed by atoms with Crippen LogP contribution in [0.4, 0.5) is 22.0 Å². The third kappa shape index (κ3) is 3.69. The van der Waals surface area contributed by atoms with E-state index in [1.807, 2.05) is 25.1 Å². The van der Waals surface area contributed by atoms with Crippen LogP contribution in [0.5, 0.6) is 0 Å². The Hall–Kier alpha value is -2.94. The number of rotatable bonds is 6. The van der Waals surface area contributed by atoms with Gasteiger partial charge >= 0.3 is 0 Å². The van der Waals surface area contributed by atoms with Crippen molar-refractivity contribution < 1.29 is 4.39 Å². The third-order valence-electron chi connectivity index (χ3n) is 5.04. The Morgan fingerprint density at radius 3 is 2.76 bits per heavy atom. The zero-order chi connectivity index (χ0) is 20.0. The number of hydrogen-bond donors (Lipinski definition) is 3. The number of nitrogens with zero attached hydrogens (tertiary/aromatic N) is 4. The molecule has 0 aliphatic heterocycles. The van der Waals surface area contributed by atoms with Crippen molar-refractivity contribution >= 4 is 39.0 Å². The van der Waals surface area contributed by atoms with Crippen molar-refractivity contribution in [1.29, 1.82) is 0 Å². The van der Waals surface area contributed by atoms with E-state index in [9.17, 15) is 4.39 Å². The van der Waals surface area contributed by atoms with Gasteiger partial charge in [0.1, 0.15) is 15.9 Å². The molecule has 29 heavy (non-hydrogen) atoms. The van der Waals surface area contributed by atoms with Crippen LogP contribution in [0.3, 0.4) is 0 Å². The van der Waals surface area contributed by atoms with E-state index >= 15 is 0 Å². The van der Waals surface area contributed by atoms with Gasteiger partial charge in [0.05, 0.1) is 6.04 Å². The summed E-state index contributed by atoms with van der Waals surface area (Å²) in [6.07, 6.45) is 2.42. The molecule has 1 aromatic carbocycles. The van der Waals surface area contributed by atoms with Crippen LogP contribution in [0, 0.1) is 5.82 Å². The predicted molar refractivity (Wildman–Crippen MR) is 113 cm³/mol. The summed E-state index contributed by atoms with van der Waals surface area (Å²) >= 11 is 3.52. The molecule has 1 aliphatic carbocycles. The average molecular weight is 456 g/mol. The van der Waals surface area contributed by atoms with Gasteiger partial charge in [0, 0.05) is 17.7 Å². The second-order valence-corrected chi connectivity index (χ2v) is 8.07. The number of anilines is 3. The van der Waals surface area contributed by atoms with Gasteiger partial charge in [-0.25, -0.2) is 8.91 Å².